The van der Waals surface area contributed by atoms with E-state index in [4.69, 9.17) is 0 Å². The van der Waals surface area contributed by atoms with Crippen LogP contribution in [0.1, 0.15) is 17.5 Å². The Balaban J connectivity index is 2.04. The van der Waals surface area contributed by atoms with E-state index in [1.165, 1.54) is 0 Å². The molecule has 0 fully saturated rings. The van der Waals surface area contributed by atoms with Crippen molar-refractivity contribution in [3.05, 3.63) is 28.8 Å². The molecule has 1 atom stereocenters. The maximum atomic E-state index is 12.1. The van der Waals surface area contributed by atoms with Crippen LogP contribution in [-0.4, -0.2) is 29.7 Å². The molecule has 0 bridgehead atoms. The Morgan fingerprint density at radius 2 is 2.14 bits per heavy atom. The molecular weight excluding hydrogens is 316 g/mol. The van der Waals surface area contributed by atoms with Crippen LogP contribution in [-0.2, 0) is 4.79 Å². The molecule has 1 aromatic carbocycles. The molecule has 7 heteroatoms. The molecule has 0 saturated carbocycles. The van der Waals surface area contributed by atoms with Gasteiger partial charge in [-0.25, -0.2) is 0 Å². The summed E-state index contributed by atoms with van der Waals surface area (Å²) in [6.07, 6.45) is 0. The highest BCUT2D eigenvalue weighted by atomic mass is 32.2. The van der Waals surface area contributed by atoms with Gasteiger partial charge in [0, 0.05) is 23.0 Å². The number of anilines is 1. The van der Waals surface area contributed by atoms with Crippen LogP contribution < -0.4 is 10.6 Å². The predicted octanol–water partition coefficient (Wildman–Crippen LogP) is 3.10. The smallest absolute Gasteiger partial charge is 0.228 e. The van der Waals surface area contributed by atoms with E-state index >= 15 is 0 Å². The van der Waals surface area contributed by atoms with Gasteiger partial charge in [-0.05, 0) is 44.7 Å². The first-order chi connectivity index (χ1) is 10.5. The third-order valence-corrected chi connectivity index (χ3v) is 5.01. The summed E-state index contributed by atoms with van der Waals surface area (Å²) in [5, 5.41) is 15.1. The lowest BCUT2D eigenvalue weighted by Gasteiger charge is -2.13. The number of nitrogens with zero attached hydrogens (tertiary/aromatic N) is 2. The lowest BCUT2D eigenvalue weighted by atomic mass is 10.1. The third-order valence-electron chi connectivity index (χ3n) is 3.13. The summed E-state index contributed by atoms with van der Waals surface area (Å²) in [5.41, 5.74) is 1.89. The number of hydrogen-bond donors (Lipinski definition) is 2. The van der Waals surface area contributed by atoms with Crippen LogP contribution in [0.15, 0.2) is 27.4 Å². The van der Waals surface area contributed by atoms with Gasteiger partial charge >= 0.3 is 0 Å². The van der Waals surface area contributed by atoms with Crippen molar-refractivity contribution < 1.29 is 4.79 Å². The highest BCUT2D eigenvalue weighted by molar-refractivity contribution is 8.01. The van der Waals surface area contributed by atoms with E-state index < -0.39 is 0 Å². The maximum Gasteiger partial charge on any atom is 0.228 e. The first-order valence-corrected chi connectivity index (χ1v) is 8.67. The topological polar surface area (TPSA) is 66.9 Å². The van der Waals surface area contributed by atoms with E-state index in [0.29, 0.717) is 6.54 Å². The van der Waals surface area contributed by atoms with Crippen molar-refractivity contribution in [3.63, 3.8) is 0 Å². The minimum Gasteiger partial charge on any atom is -0.326 e. The van der Waals surface area contributed by atoms with Crippen LogP contribution >= 0.6 is 23.1 Å². The minimum atomic E-state index is -0.0668. The quantitative estimate of drug-likeness (QED) is 0.848. The summed E-state index contributed by atoms with van der Waals surface area (Å²) in [7, 11) is 1.84. The zero-order chi connectivity index (χ0) is 16.1. The van der Waals surface area contributed by atoms with Crippen LogP contribution in [0.25, 0.3) is 0 Å². The summed E-state index contributed by atoms with van der Waals surface area (Å²) >= 11 is 3.16. The number of carbonyl (C=O) groups excluding carboxylic acids is 1. The maximum absolute atomic E-state index is 12.1. The highest BCUT2D eigenvalue weighted by Gasteiger charge is 2.13. The second-order valence-corrected chi connectivity index (χ2v) is 7.62. The second-order valence-electron chi connectivity index (χ2n) is 5.11. The highest BCUT2D eigenvalue weighted by Crippen LogP contribution is 2.32. The number of aromatic nitrogens is 2. The van der Waals surface area contributed by atoms with Crippen molar-refractivity contribution in [2.24, 2.45) is 5.92 Å². The summed E-state index contributed by atoms with van der Waals surface area (Å²) in [6.45, 7) is 6.50. The van der Waals surface area contributed by atoms with Crippen molar-refractivity contribution in [2.75, 3.05) is 18.9 Å². The van der Waals surface area contributed by atoms with Crippen LogP contribution in [0.2, 0.25) is 0 Å². The standard InChI is InChI=1S/C15H20N4OS2/c1-9-7-12(22-15-19-18-11(3)21-15)5-6-13(9)17-14(20)10(2)8-16-4/h5-7,10,16H,8H2,1-4H3,(H,17,20). The molecule has 2 rings (SSSR count). The number of benzene rings is 1. The Bertz CT molecular complexity index is 657. The molecule has 0 aliphatic heterocycles. The van der Waals surface area contributed by atoms with Gasteiger partial charge in [-0.2, -0.15) is 0 Å². The average Bonchev–Trinajstić information content (AvgIpc) is 2.87. The Labute approximate surface area is 138 Å². The molecule has 0 spiro atoms. The van der Waals surface area contributed by atoms with Gasteiger partial charge in [-0.1, -0.05) is 30.0 Å². The van der Waals surface area contributed by atoms with Crippen LogP contribution in [0.4, 0.5) is 5.69 Å². The van der Waals surface area contributed by atoms with E-state index in [0.717, 1.165) is 25.5 Å². The summed E-state index contributed by atoms with van der Waals surface area (Å²) in [5.74, 6) is -0.0413. The molecule has 1 heterocycles. The molecule has 118 valence electrons. The van der Waals surface area contributed by atoms with Crippen LogP contribution in [0.3, 0.4) is 0 Å². The van der Waals surface area contributed by atoms with Crippen LogP contribution in [0.5, 0.6) is 0 Å². The van der Waals surface area contributed by atoms with Crippen molar-refractivity contribution >= 4 is 34.7 Å². The molecule has 2 aromatic rings. The molecule has 1 amide bonds. The van der Waals surface area contributed by atoms with Crippen LogP contribution in [0, 0.1) is 19.8 Å². The van der Waals surface area contributed by atoms with Gasteiger partial charge in [0.15, 0.2) is 4.34 Å². The number of nitrogens with one attached hydrogen (secondary N) is 2. The molecular formula is C15H20N4OS2. The minimum absolute atomic E-state index is 0.0256. The SMILES string of the molecule is CNCC(C)C(=O)Nc1ccc(Sc2nnc(C)s2)cc1C. The summed E-state index contributed by atoms with van der Waals surface area (Å²) in [4.78, 5) is 13.2. The Kier molecular flexibility index (Phi) is 5.93. The fraction of sp³-hybridized carbons (Fsp3) is 0.400. The monoisotopic (exact) mass is 336 g/mol. The van der Waals surface area contributed by atoms with E-state index in [1.807, 2.05) is 40.0 Å². The van der Waals surface area contributed by atoms with Crippen molar-refractivity contribution in [1.82, 2.24) is 15.5 Å². The second kappa shape index (κ2) is 7.71. The largest absolute Gasteiger partial charge is 0.326 e. The number of hydrogen-bond acceptors (Lipinski definition) is 6. The third kappa shape index (κ3) is 4.53. The van der Waals surface area contributed by atoms with Gasteiger partial charge in [0.05, 0.1) is 0 Å². The van der Waals surface area contributed by atoms with Crippen molar-refractivity contribution in [2.45, 2.75) is 30.0 Å². The van der Waals surface area contributed by atoms with Gasteiger partial charge in [0.1, 0.15) is 5.01 Å². The number of carbonyl (C=O) groups is 1. The molecule has 0 aliphatic carbocycles. The van der Waals surface area contributed by atoms with Gasteiger partial charge < -0.3 is 10.6 Å². The molecule has 22 heavy (non-hydrogen) atoms. The zero-order valence-electron chi connectivity index (χ0n) is 13.1. The average molecular weight is 336 g/mol. The molecule has 0 aliphatic rings. The van der Waals surface area contributed by atoms with Crippen molar-refractivity contribution in [3.8, 4) is 0 Å². The lowest BCUT2D eigenvalue weighted by molar-refractivity contribution is -0.119. The summed E-state index contributed by atoms with van der Waals surface area (Å²) in [6, 6.07) is 5.99. The Morgan fingerprint density at radius 1 is 1.36 bits per heavy atom. The molecule has 0 radical (unpaired) electrons. The number of rotatable bonds is 6. The first kappa shape index (κ1) is 16.9. The lowest BCUT2D eigenvalue weighted by Crippen LogP contribution is -2.28. The summed E-state index contributed by atoms with van der Waals surface area (Å²) < 4.78 is 0.927. The fourth-order valence-electron chi connectivity index (χ4n) is 1.92. The molecule has 5 nitrogen and oxygen atoms in total. The predicted molar refractivity (Wildman–Crippen MR) is 91.7 cm³/mol. The molecule has 2 N–H and O–H groups in total. The molecule has 1 aromatic heterocycles. The van der Waals surface area contributed by atoms with Crippen molar-refractivity contribution in [1.29, 1.82) is 0 Å². The number of amides is 1. The van der Waals surface area contributed by atoms with Gasteiger partial charge in [0.25, 0.3) is 0 Å². The van der Waals surface area contributed by atoms with E-state index in [9.17, 15) is 4.79 Å². The number of aryl methyl sites for hydroxylation is 2. The van der Waals surface area contributed by atoms with Gasteiger partial charge in [-0.15, -0.1) is 10.2 Å². The van der Waals surface area contributed by atoms with E-state index in [1.54, 1.807) is 23.1 Å². The van der Waals surface area contributed by atoms with Gasteiger partial charge in [-0.3, -0.25) is 4.79 Å². The van der Waals surface area contributed by atoms with Gasteiger partial charge in [0.2, 0.25) is 5.91 Å². The zero-order valence-corrected chi connectivity index (χ0v) is 14.8. The van der Waals surface area contributed by atoms with E-state index in [2.05, 4.69) is 26.9 Å². The Morgan fingerprint density at radius 3 is 2.73 bits per heavy atom. The fourth-order valence-corrected chi connectivity index (χ4v) is 3.80. The first-order valence-electron chi connectivity index (χ1n) is 7.03. The molecule has 0 saturated heterocycles. The van der Waals surface area contributed by atoms with E-state index in [-0.39, 0.29) is 11.8 Å². The molecule has 1 unspecified atom stereocenters. The normalized spacial score (nSPS) is 12.2. The Hall–Kier alpha value is -1.44.